The van der Waals surface area contributed by atoms with Crippen LogP contribution in [0, 0.1) is 0 Å². The molecule has 11 heteroatoms. The van der Waals surface area contributed by atoms with Crippen molar-refractivity contribution in [3.05, 3.63) is 76.4 Å². The van der Waals surface area contributed by atoms with Crippen LogP contribution in [0.4, 0.5) is 27.6 Å². The van der Waals surface area contributed by atoms with Gasteiger partial charge in [-0.1, -0.05) is 12.1 Å². The lowest BCUT2D eigenvalue weighted by molar-refractivity contribution is -0.138. The predicted octanol–water partition coefficient (Wildman–Crippen LogP) is 5.74. The number of nitrogens with one attached hydrogen (secondary N) is 1. The molecule has 1 N–H and O–H groups in total. The van der Waals surface area contributed by atoms with Gasteiger partial charge in [0, 0.05) is 43.2 Å². The standard InChI is InChI=1S/C28H28F5N5O/c1-25(7-4-8-25)34-12-17-9-20-21(22(10-17)28(31,32)33)13-38(23(20)39)19-6-3-5-18(11-19)26(14-27(29,30)15-26)24-36-35-16-37(24)2/h3,5-6,9-11,16,34H,4,7-8,12-15H2,1-2H3. The molecule has 2 aliphatic carbocycles. The van der Waals surface area contributed by atoms with Crippen LogP contribution in [0.2, 0.25) is 0 Å². The van der Waals surface area contributed by atoms with E-state index in [0.29, 0.717) is 22.6 Å². The van der Waals surface area contributed by atoms with E-state index in [-0.39, 0.29) is 29.8 Å². The summed E-state index contributed by atoms with van der Waals surface area (Å²) in [6, 6.07) is 9.21. The molecule has 3 aliphatic rings. The van der Waals surface area contributed by atoms with Gasteiger partial charge in [-0.3, -0.25) is 4.79 Å². The Morgan fingerprint density at radius 3 is 2.44 bits per heavy atom. The van der Waals surface area contributed by atoms with Crippen molar-refractivity contribution in [3.63, 3.8) is 0 Å². The highest BCUT2D eigenvalue weighted by Crippen LogP contribution is 2.57. The molecule has 39 heavy (non-hydrogen) atoms. The molecule has 0 bridgehead atoms. The first-order valence-corrected chi connectivity index (χ1v) is 12.9. The number of aryl methyl sites for hydroxylation is 1. The van der Waals surface area contributed by atoms with E-state index in [1.807, 2.05) is 6.92 Å². The van der Waals surface area contributed by atoms with Gasteiger partial charge in [0.1, 0.15) is 12.2 Å². The fourth-order valence-electron chi connectivity index (χ4n) is 6.24. The van der Waals surface area contributed by atoms with E-state index >= 15 is 0 Å². The molecule has 206 valence electrons. The predicted molar refractivity (Wildman–Crippen MR) is 133 cm³/mol. The van der Waals surface area contributed by atoms with Crippen LogP contribution in [-0.2, 0) is 31.7 Å². The summed E-state index contributed by atoms with van der Waals surface area (Å²) in [6.07, 6.45) is -1.16. The Labute approximate surface area is 222 Å². The lowest BCUT2D eigenvalue weighted by Crippen LogP contribution is -2.51. The van der Waals surface area contributed by atoms with Crippen LogP contribution >= 0.6 is 0 Å². The molecule has 6 nitrogen and oxygen atoms in total. The van der Waals surface area contributed by atoms with E-state index in [2.05, 4.69) is 15.5 Å². The number of fused-ring (bicyclic) bond motifs is 1. The number of carbonyl (C=O) groups is 1. The minimum Gasteiger partial charge on any atom is -0.320 e. The number of hydrogen-bond acceptors (Lipinski definition) is 4. The van der Waals surface area contributed by atoms with Gasteiger partial charge in [-0.2, -0.15) is 13.2 Å². The Morgan fingerprint density at radius 2 is 1.85 bits per heavy atom. The van der Waals surface area contributed by atoms with E-state index in [1.54, 1.807) is 41.9 Å². The zero-order valence-electron chi connectivity index (χ0n) is 21.6. The van der Waals surface area contributed by atoms with Crippen LogP contribution in [0.1, 0.15) is 77.5 Å². The molecule has 2 aromatic carbocycles. The number of nitrogens with zero attached hydrogens (tertiary/aromatic N) is 4. The third kappa shape index (κ3) is 4.31. The van der Waals surface area contributed by atoms with Gasteiger partial charge >= 0.3 is 6.18 Å². The average Bonchev–Trinajstić information content (AvgIpc) is 3.42. The number of alkyl halides is 5. The lowest BCUT2D eigenvalue weighted by Gasteiger charge is -2.46. The second-order valence-electron chi connectivity index (χ2n) is 11.4. The molecular weight excluding hydrogens is 517 g/mol. The van der Waals surface area contributed by atoms with Gasteiger partial charge in [0.05, 0.1) is 17.5 Å². The van der Waals surface area contributed by atoms with Gasteiger partial charge in [0.2, 0.25) is 0 Å². The number of carbonyl (C=O) groups excluding carboxylic acids is 1. The lowest BCUT2D eigenvalue weighted by atomic mass is 9.61. The SMILES string of the molecule is Cn1cnnc1C1(c2cccc(N3Cc4c(cc(CNC5(C)CCC5)cc4C(F)(F)F)C3=O)c2)CC(F)(F)C1. The number of hydrogen-bond donors (Lipinski definition) is 1. The Balaban J connectivity index is 1.35. The quantitative estimate of drug-likeness (QED) is 0.402. The molecule has 2 heterocycles. The Morgan fingerprint density at radius 1 is 1.10 bits per heavy atom. The maximum Gasteiger partial charge on any atom is 0.416 e. The summed E-state index contributed by atoms with van der Waals surface area (Å²) in [7, 11) is 1.68. The molecule has 1 amide bonds. The highest BCUT2D eigenvalue weighted by atomic mass is 19.4. The normalized spacial score (nSPS) is 20.9. The summed E-state index contributed by atoms with van der Waals surface area (Å²) in [5, 5.41) is 11.3. The van der Waals surface area contributed by atoms with Gasteiger partial charge in [-0.15, -0.1) is 10.2 Å². The van der Waals surface area contributed by atoms with Crippen molar-refractivity contribution in [3.8, 4) is 0 Å². The summed E-state index contributed by atoms with van der Waals surface area (Å²) < 4.78 is 72.4. The van der Waals surface area contributed by atoms with E-state index in [4.69, 9.17) is 0 Å². The van der Waals surface area contributed by atoms with Gasteiger partial charge in [-0.05, 0) is 67.1 Å². The van der Waals surface area contributed by atoms with Gasteiger partial charge in [0.25, 0.3) is 11.8 Å². The van der Waals surface area contributed by atoms with Gasteiger partial charge < -0.3 is 14.8 Å². The third-order valence-corrected chi connectivity index (χ3v) is 8.55. The van der Waals surface area contributed by atoms with E-state index < -0.39 is 41.8 Å². The molecule has 1 aromatic heterocycles. The van der Waals surface area contributed by atoms with E-state index in [0.717, 1.165) is 25.3 Å². The first-order valence-electron chi connectivity index (χ1n) is 12.9. The van der Waals surface area contributed by atoms with Crippen molar-refractivity contribution in [2.45, 2.75) is 75.2 Å². The average molecular weight is 546 g/mol. The van der Waals surface area contributed by atoms with Crippen LogP contribution in [0.15, 0.2) is 42.7 Å². The van der Waals surface area contributed by atoms with Crippen molar-refractivity contribution in [1.29, 1.82) is 0 Å². The maximum atomic E-state index is 14.2. The van der Waals surface area contributed by atoms with Crippen LogP contribution < -0.4 is 10.2 Å². The van der Waals surface area contributed by atoms with Crippen LogP contribution in [-0.4, -0.2) is 32.1 Å². The molecule has 3 aromatic rings. The number of anilines is 1. The minimum absolute atomic E-state index is 0.0176. The summed E-state index contributed by atoms with van der Waals surface area (Å²) in [5.74, 6) is -3.06. The molecule has 6 rings (SSSR count). The van der Waals surface area contributed by atoms with Crippen molar-refractivity contribution in [1.82, 2.24) is 20.1 Å². The number of amides is 1. The Hall–Kier alpha value is -3.34. The number of aromatic nitrogens is 3. The van der Waals surface area contributed by atoms with Crippen molar-refractivity contribution < 1.29 is 26.7 Å². The highest BCUT2D eigenvalue weighted by molar-refractivity contribution is 6.10. The first-order chi connectivity index (χ1) is 18.3. The Bertz CT molecular complexity index is 1450. The molecule has 0 saturated heterocycles. The highest BCUT2D eigenvalue weighted by Gasteiger charge is 2.60. The van der Waals surface area contributed by atoms with Crippen molar-refractivity contribution in [2.75, 3.05) is 4.90 Å². The fraction of sp³-hybridized carbons (Fsp3) is 0.464. The van der Waals surface area contributed by atoms with E-state index in [9.17, 15) is 26.7 Å². The third-order valence-electron chi connectivity index (χ3n) is 8.55. The summed E-state index contributed by atoms with van der Waals surface area (Å²) >= 11 is 0. The smallest absolute Gasteiger partial charge is 0.320 e. The molecular formula is C28H28F5N5O. The molecule has 0 radical (unpaired) electrons. The summed E-state index contributed by atoms with van der Waals surface area (Å²) in [6.45, 7) is 2.01. The Kier molecular flexibility index (Phi) is 5.70. The van der Waals surface area contributed by atoms with Crippen LogP contribution in [0.3, 0.4) is 0 Å². The zero-order valence-corrected chi connectivity index (χ0v) is 21.6. The van der Waals surface area contributed by atoms with Crippen LogP contribution in [0.25, 0.3) is 0 Å². The molecule has 1 aliphatic heterocycles. The second kappa shape index (κ2) is 8.58. The first kappa shape index (κ1) is 25.9. The van der Waals surface area contributed by atoms with Gasteiger partial charge in [-0.25, -0.2) is 8.78 Å². The largest absolute Gasteiger partial charge is 0.416 e. The molecule has 2 saturated carbocycles. The van der Waals surface area contributed by atoms with Gasteiger partial charge in [0.15, 0.2) is 0 Å². The number of halogens is 5. The van der Waals surface area contributed by atoms with Crippen molar-refractivity contribution in [2.24, 2.45) is 7.05 Å². The minimum atomic E-state index is -4.63. The monoisotopic (exact) mass is 545 g/mol. The molecule has 2 fully saturated rings. The molecule has 0 atom stereocenters. The van der Waals surface area contributed by atoms with E-state index in [1.165, 1.54) is 11.2 Å². The summed E-state index contributed by atoms with van der Waals surface area (Å²) in [5.41, 5.74) is -0.842. The van der Waals surface area contributed by atoms with Crippen LogP contribution in [0.5, 0.6) is 0 Å². The topological polar surface area (TPSA) is 63.1 Å². The molecule has 0 spiro atoms. The second-order valence-corrected chi connectivity index (χ2v) is 11.4. The molecule has 0 unspecified atom stereocenters. The number of rotatable bonds is 6. The summed E-state index contributed by atoms with van der Waals surface area (Å²) in [4.78, 5) is 14.8. The van der Waals surface area contributed by atoms with Crippen molar-refractivity contribution >= 4 is 11.6 Å². The zero-order chi connectivity index (χ0) is 27.8. The maximum absolute atomic E-state index is 14.2. The fourth-order valence-corrected chi connectivity index (χ4v) is 6.24. The number of benzene rings is 2.